The largest absolute Gasteiger partial charge is 0.496 e. The number of amides is 3. The number of carbonyl (C=O) groups is 4. The number of benzene rings is 2. The fraction of sp³-hybridized carbons (Fsp3) is 0.510. The molecule has 3 amide bonds. The molecule has 2 aromatic heterocycles. The van der Waals surface area contributed by atoms with Crippen LogP contribution >= 0.6 is 11.3 Å². The smallest absolute Gasteiger partial charge is 0.253 e. The summed E-state index contributed by atoms with van der Waals surface area (Å²) in [5, 5.41) is 6.92. The van der Waals surface area contributed by atoms with E-state index in [-0.39, 0.29) is 48.8 Å². The number of pyridine rings is 1. The number of fused-ring (bicyclic) bond motifs is 3. The second-order valence-corrected chi connectivity index (χ2v) is 22.1. The third-order valence-corrected chi connectivity index (χ3v) is 16.7. The van der Waals surface area contributed by atoms with Crippen molar-refractivity contribution in [2.45, 2.75) is 121 Å². The molecule has 2 aliphatic carbocycles. The number of ether oxygens (including phenoxy) is 2. The van der Waals surface area contributed by atoms with Gasteiger partial charge in [0.1, 0.15) is 34.3 Å². The first kappa shape index (κ1) is 46.2. The van der Waals surface area contributed by atoms with E-state index in [0.717, 1.165) is 47.3 Å². The number of thiazole rings is 1. The minimum absolute atomic E-state index is 0.0743. The number of hydrogen-bond acceptors (Lipinski definition) is 12. The first-order chi connectivity index (χ1) is 30.9. The van der Waals surface area contributed by atoms with Gasteiger partial charge in [-0.05, 0) is 94.5 Å². The second kappa shape index (κ2) is 18.1. The first-order valence-electron chi connectivity index (χ1n) is 22.7. The van der Waals surface area contributed by atoms with Crippen LogP contribution < -0.4 is 19.5 Å². The zero-order valence-electron chi connectivity index (χ0n) is 38.3. The van der Waals surface area contributed by atoms with Crippen LogP contribution in [0.4, 0.5) is 5.69 Å². The topological polar surface area (TPSA) is 177 Å². The van der Waals surface area contributed by atoms with Crippen molar-refractivity contribution in [1.29, 1.82) is 0 Å². The summed E-state index contributed by atoms with van der Waals surface area (Å²) >= 11 is 1.50. The van der Waals surface area contributed by atoms with Crippen molar-refractivity contribution in [2.24, 2.45) is 11.3 Å². The molecule has 0 radical (unpaired) electrons. The zero-order valence-corrected chi connectivity index (χ0v) is 39.9. The summed E-state index contributed by atoms with van der Waals surface area (Å²) in [7, 11) is 1.01. The van der Waals surface area contributed by atoms with Gasteiger partial charge in [0, 0.05) is 60.6 Å². The van der Waals surface area contributed by atoms with Gasteiger partial charge in [-0.25, -0.2) is 18.4 Å². The number of sulfonamides is 1. The maximum absolute atomic E-state index is 15.2. The molecule has 4 aliphatic rings. The highest BCUT2D eigenvalue weighted by Gasteiger charge is 2.62. The van der Waals surface area contributed by atoms with Crippen molar-refractivity contribution in [3.63, 3.8) is 0 Å². The summed E-state index contributed by atoms with van der Waals surface area (Å²) in [4.78, 5) is 70.3. The van der Waals surface area contributed by atoms with Gasteiger partial charge in [-0.2, -0.15) is 0 Å². The molecule has 1 saturated heterocycles. The molecule has 346 valence electrons. The minimum Gasteiger partial charge on any atom is -0.496 e. The number of nitrogens with one attached hydrogen (secondary N) is 2. The maximum atomic E-state index is 15.2. The molecule has 0 bridgehead atoms. The Bertz CT molecular complexity index is 2660. The van der Waals surface area contributed by atoms with E-state index < -0.39 is 44.3 Å². The van der Waals surface area contributed by atoms with Crippen LogP contribution in [0.25, 0.3) is 21.6 Å². The number of allylic oxidation sites excluding steroid dienone is 2. The molecule has 0 unspecified atom stereocenters. The Morgan fingerprint density at radius 1 is 1.03 bits per heavy atom. The van der Waals surface area contributed by atoms with E-state index in [0.29, 0.717) is 59.6 Å². The average Bonchev–Trinajstić information content (AvgIpc) is 4.05. The Morgan fingerprint density at radius 3 is 2.52 bits per heavy atom. The van der Waals surface area contributed by atoms with E-state index in [1.54, 1.807) is 51.2 Å². The summed E-state index contributed by atoms with van der Waals surface area (Å²) in [6.07, 6.45) is 8.09. The molecular weight excluding hydrogens is 865 g/mol. The fourth-order valence-electron chi connectivity index (χ4n) is 9.15. The van der Waals surface area contributed by atoms with Crippen molar-refractivity contribution in [3.05, 3.63) is 76.8 Å². The number of nitrogens with zero attached hydrogens (tertiary/aromatic N) is 4. The Kier molecular flexibility index (Phi) is 12.9. The van der Waals surface area contributed by atoms with Crippen molar-refractivity contribution < 1.29 is 37.1 Å². The average molecular weight is 925 g/mol. The molecule has 3 fully saturated rings. The molecule has 2 aromatic carbocycles. The summed E-state index contributed by atoms with van der Waals surface area (Å²) in [5.74, 6) is -0.398. The number of ketones is 1. The second-order valence-electron chi connectivity index (χ2n) is 19.0. The van der Waals surface area contributed by atoms with Gasteiger partial charge in [-0.15, -0.1) is 11.3 Å². The van der Waals surface area contributed by atoms with Crippen LogP contribution in [-0.4, -0.2) is 102 Å². The van der Waals surface area contributed by atoms with Crippen LogP contribution in [0.1, 0.15) is 113 Å². The van der Waals surface area contributed by atoms with E-state index in [1.165, 1.54) is 16.2 Å². The molecule has 2 N–H and O–H groups in total. The Labute approximate surface area is 385 Å². The molecular formula is C49H60N6O8S2. The third-order valence-electron chi connectivity index (χ3n) is 13.7. The van der Waals surface area contributed by atoms with E-state index >= 15 is 4.79 Å². The predicted molar refractivity (Wildman–Crippen MR) is 252 cm³/mol. The molecule has 14 nitrogen and oxygen atoms in total. The van der Waals surface area contributed by atoms with Crippen LogP contribution in [0.2, 0.25) is 0 Å². The van der Waals surface area contributed by atoms with Crippen molar-refractivity contribution >= 4 is 61.5 Å². The number of aromatic nitrogens is 2. The number of carbonyl (C=O) groups excluding carboxylic acids is 4. The molecule has 8 rings (SSSR count). The van der Waals surface area contributed by atoms with Crippen LogP contribution in [-0.2, 0) is 24.4 Å². The molecule has 65 heavy (non-hydrogen) atoms. The number of hydrogen-bond donors (Lipinski definition) is 2. The van der Waals surface area contributed by atoms with Crippen LogP contribution in [0.3, 0.4) is 0 Å². The van der Waals surface area contributed by atoms with Gasteiger partial charge >= 0.3 is 0 Å². The van der Waals surface area contributed by atoms with Crippen LogP contribution in [0.5, 0.6) is 11.5 Å². The monoisotopic (exact) mass is 924 g/mol. The van der Waals surface area contributed by atoms with Crippen molar-refractivity contribution in [2.75, 3.05) is 33.1 Å². The third kappa shape index (κ3) is 9.38. The summed E-state index contributed by atoms with van der Waals surface area (Å²) in [5.41, 5.74) is 2.86. The summed E-state index contributed by atoms with van der Waals surface area (Å²) in [6.45, 7) is 7.81. The molecule has 2 saturated carbocycles. The van der Waals surface area contributed by atoms with E-state index in [1.807, 2.05) is 48.7 Å². The Hall–Kier alpha value is -5.35. The van der Waals surface area contributed by atoms with E-state index in [4.69, 9.17) is 19.4 Å². The highest BCUT2D eigenvalue weighted by atomic mass is 32.2. The Balaban J connectivity index is 1.16. The highest BCUT2D eigenvalue weighted by Crippen LogP contribution is 2.57. The lowest BCUT2D eigenvalue weighted by Gasteiger charge is -2.30. The standard InChI is InChI=1S/C49H60N6O8S2/c1-29(2)38-28-64-44(52-38)37-24-42(35-18-19-41(62-7)30(3)43(35)51-37)63-34-23-39-40(56)26-49(47(59)53-65(60,61)48(4)20-21-48)25-32(49)15-11-9-8-10-12-17-36(46(58)55(39)27-34)50-33-16-13-14-31(22-33)45(57)54(5)6/h11,13-16,18-19,22,24,28-29,32,34,36,39,50H,8-10,12,17,20-21,23,25-27H2,1-7H3,(H,53,59)/b15-11-/t32-,34-,36+,39+,49-/m1/s1. The van der Waals surface area contributed by atoms with Gasteiger partial charge < -0.3 is 24.6 Å². The number of methoxy groups -OCH3 is 1. The molecule has 4 heterocycles. The number of Topliss-reactive ketones (excluding diaryl/α,β-unsaturated/α-hetero) is 1. The van der Waals surface area contributed by atoms with Gasteiger partial charge in [0.05, 0.1) is 41.1 Å². The number of rotatable bonds is 11. The predicted octanol–water partition coefficient (Wildman–Crippen LogP) is 7.81. The van der Waals surface area contributed by atoms with Gasteiger partial charge in [-0.1, -0.05) is 44.9 Å². The van der Waals surface area contributed by atoms with Crippen molar-refractivity contribution in [3.8, 4) is 22.2 Å². The molecule has 0 spiro atoms. The van der Waals surface area contributed by atoms with Crippen molar-refractivity contribution in [1.82, 2.24) is 24.5 Å². The lowest BCUT2D eigenvalue weighted by molar-refractivity contribution is -0.139. The van der Waals surface area contributed by atoms with Gasteiger partial charge in [0.2, 0.25) is 21.8 Å². The van der Waals surface area contributed by atoms with E-state index in [9.17, 15) is 22.8 Å². The van der Waals surface area contributed by atoms with Crippen LogP contribution in [0.15, 0.2) is 60.0 Å². The SMILES string of the molecule is COc1ccc2c(O[C@@H]3C[C@H]4C(=O)C[C@]5(C(=O)NS(=O)(=O)C6(C)CC6)C[C@H]5/C=C\CCCCC[C@H](Nc5cccc(C(=O)N(C)C)c5)C(=O)N4C3)cc(-c3nc(C(C)C)cs3)nc2c1C. The Morgan fingerprint density at radius 2 is 1.82 bits per heavy atom. The normalized spacial score (nSPS) is 24.9. The molecule has 5 atom stereocenters. The summed E-state index contributed by atoms with van der Waals surface area (Å²) in [6, 6.07) is 11.0. The maximum Gasteiger partial charge on any atom is 0.253 e. The minimum atomic E-state index is -3.97. The lowest BCUT2D eigenvalue weighted by atomic mass is 9.91. The molecule has 2 aliphatic heterocycles. The fourth-order valence-corrected chi connectivity index (χ4v) is 11.4. The van der Waals surface area contributed by atoms with E-state index in [2.05, 4.69) is 23.9 Å². The number of aryl methyl sites for hydroxylation is 1. The quantitative estimate of drug-likeness (QED) is 0.140. The first-order valence-corrected chi connectivity index (χ1v) is 25.1. The van der Waals surface area contributed by atoms with Gasteiger partial charge in [-0.3, -0.25) is 23.9 Å². The highest BCUT2D eigenvalue weighted by molar-refractivity contribution is 7.91. The molecule has 16 heteroatoms. The summed E-state index contributed by atoms with van der Waals surface area (Å²) < 4.78 is 40.7. The zero-order chi connectivity index (χ0) is 46.4. The van der Waals surface area contributed by atoms with Crippen LogP contribution in [0, 0.1) is 18.3 Å². The lowest BCUT2D eigenvalue weighted by Crippen LogP contribution is -2.49. The van der Waals surface area contributed by atoms with Gasteiger partial charge in [0.15, 0.2) is 5.78 Å². The number of anilines is 1. The molecule has 4 aromatic rings. The van der Waals surface area contributed by atoms with Gasteiger partial charge in [0.25, 0.3) is 5.91 Å².